The summed E-state index contributed by atoms with van der Waals surface area (Å²) in [6, 6.07) is 15.7. The lowest BCUT2D eigenvalue weighted by atomic mass is 10.1. The Morgan fingerprint density at radius 1 is 1.03 bits per heavy atom. The molecule has 2 aromatic rings. The first kappa shape index (κ1) is 20.1. The summed E-state index contributed by atoms with van der Waals surface area (Å²) in [5, 5.41) is 0. The van der Waals surface area contributed by atoms with Crippen molar-refractivity contribution in [1.29, 1.82) is 0 Å². The molecule has 0 radical (unpaired) electrons. The van der Waals surface area contributed by atoms with Crippen LogP contribution < -0.4 is 9.64 Å². The molecule has 1 saturated heterocycles. The molecule has 6 nitrogen and oxygen atoms in total. The number of imide groups is 1. The molecule has 0 aromatic heterocycles. The highest BCUT2D eigenvalue weighted by molar-refractivity contribution is 6.23. The third kappa shape index (κ3) is 3.95. The Morgan fingerprint density at radius 3 is 2.33 bits per heavy atom. The Labute approximate surface area is 176 Å². The van der Waals surface area contributed by atoms with Crippen molar-refractivity contribution < 1.29 is 19.1 Å². The highest BCUT2D eigenvalue weighted by Gasteiger charge is 2.46. The average molecular weight is 406 g/mol. The summed E-state index contributed by atoms with van der Waals surface area (Å²) in [6.07, 6.45) is 4.09. The van der Waals surface area contributed by atoms with Gasteiger partial charge in [-0.1, -0.05) is 43.2 Å². The van der Waals surface area contributed by atoms with Gasteiger partial charge in [0.1, 0.15) is 11.8 Å². The Bertz CT molecular complexity index is 920. The summed E-state index contributed by atoms with van der Waals surface area (Å²) in [5.41, 5.74) is 1.42. The summed E-state index contributed by atoms with van der Waals surface area (Å²) in [5.74, 6) is -0.0278. The minimum atomic E-state index is -0.737. The first-order chi connectivity index (χ1) is 14.6. The number of benzene rings is 2. The smallest absolute Gasteiger partial charge is 0.257 e. The second-order valence-corrected chi connectivity index (χ2v) is 7.89. The molecule has 1 aliphatic heterocycles. The fraction of sp³-hybridized carbons (Fsp3) is 0.375. The average Bonchev–Trinajstić information content (AvgIpc) is 3.38. The zero-order chi connectivity index (χ0) is 21.1. The molecule has 1 atom stereocenters. The summed E-state index contributed by atoms with van der Waals surface area (Å²) in [4.78, 5) is 42.3. The van der Waals surface area contributed by atoms with Crippen LogP contribution >= 0.6 is 0 Å². The molecule has 0 bridgehead atoms. The van der Waals surface area contributed by atoms with Crippen LogP contribution in [0.5, 0.6) is 5.75 Å². The van der Waals surface area contributed by atoms with Gasteiger partial charge in [-0.3, -0.25) is 14.4 Å². The molecular formula is C24H26N2O4. The molecule has 2 fully saturated rings. The molecule has 2 aliphatic rings. The lowest BCUT2D eigenvalue weighted by Gasteiger charge is -2.33. The van der Waals surface area contributed by atoms with Crippen LogP contribution in [-0.2, 0) is 20.8 Å². The minimum absolute atomic E-state index is 0.0128. The molecule has 156 valence electrons. The lowest BCUT2D eigenvalue weighted by molar-refractivity contribution is -0.140. The summed E-state index contributed by atoms with van der Waals surface area (Å²) in [7, 11) is 1.56. The van der Waals surface area contributed by atoms with Crippen LogP contribution in [0.1, 0.15) is 37.7 Å². The van der Waals surface area contributed by atoms with E-state index in [-0.39, 0.29) is 36.6 Å². The van der Waals surface area contributed by atoms with Gasteiger partial charge in [0.25, 0.3) is 5.91 Å². The third-order valence-corrected chi connectivity index (χ3v) is 5.99. The number of amides is 3. The number of anilines is 1. The van der Waals surface area contributed by atoms with E-state index >= 15 is 0 Å². The van der Waals surface area contributed by atoms with Gasteiger partial charge in [0.2, 0.25) is 11.8 Å². The largest absolute Gasteiger partial charge is 0.497 e. The van der Waals surface area contributed by atoms with E-state index < -0.39 is 6.04 Å². The van der Waals surface area contributed by atoms with E-state index in [1.54, 1.807) is 36.3 Å². The molecule has 1 aliphatic carbocycles. The van der Waals surface area contributed by atoms with Crippen molar-refractivity contribution in [1.82, 2.24) is 4.90 Å². The molecule has 1 unspecified atom stereocenters. The quantitative estimate of drug-likeness (QED) is 0.690. The first-order valence-electron chi connectivity index (χ1n) is 10.4. The van der Waals surface area contributed by atoms with E-state index in [1.165, 1.54) is 4.90 Å². The monoisotopic (exact) mass is 406 g/mol. The fourth-order valence-electron chi connectivity index (χ4n) is 4.51. The topological polar surface area (TPSA) is 66.9 Å². The SMILES string of the molecule is COc1ccc(N2C(=O)CC(N(C(=O)Cc3ccccc3)C3CCCC3)C2=O)cc1. The number of carbonyl (C=O) groups excluding carboxylic acids is 3. The Balaban J connectivity index is 1.59. The van der Waals surface area contributed by atoms with Crippen molar-refractivity contribution in [3.8, 4) is 5.75 Å². The van der Waals surface area contributed by atoms with Gasteiger partial charge in [-0.15, -0.1) is 0 Å². The molecule has 6 heteroatoms. The van der Waals surface area contributed by atoms with E-state index in [9.17, 15) is 14.4 Å². The van der Waals surface area contributed by atoms with Crippen molar-refractivity contribution in [3.63, 3.8) is 0 Å². The van der Waals surface area contributed by atoms with Gasteiger partial charge in [0, 0.05) is 6.04 Å². The fourth-order valence-corrected chi connectivity index (χ4v) is 4.51. The Hall–Kier alpha value is -3.15. The Morgan fingerprint density at radius 2 is 1.70 bits per heavy atom. The predicted molar refractivity (Wildman–Crippen MR) is 113 cm³/mol. The molecule has 0 N–H and O–H groups in total. The van der Waals surface area contributed by atoms with Crippen LogP contribution in [-0.4, -0.2) is 41.8 Å². The van der Waals surface area contributed by atoms with Gasteiger partial charge in [-0.05, 0) is 42.7 Å². The van der Waals surface area contributed by atoms with E-state index in [2.05, 4.69) is 0 Å². The number of ether oxygens (including phenoxy) is 1. The van der Waals surface area contributed by atoms with Crippen molar-refractivity contribution >= 4 is 23.4 Å². The molecule has 4 rings (SSSR count). The number of methoxy groups -OCH3 is 1. The highest BCUT2D eigenvalue weighted by Crippen LogP contribution is 2.32. The summed E-state index contributed by atoms with van der Waals surface area (Å²) in [6.45, 7) is 0. The van der Waals surface area contributed by atoms with E-state index in [1.807, 2.05) is 30.3 Å². The second kappa shape index (κ2) is 8.69. The van der Waals surface area contributed by atoms with Crippen molar-refractivity contribution in [3.05, 3.63) is 60.2 Å². The number of rotatable bonds is 6. The van der Waals surface area contributed by atoms with Crippen LogP contribution in [0.4, 0.5) is 5.69 Å². The van der Waals surface area contributed by atoms with Crippen molar-refractivity contribution in [2.45, 2.75) is 50.6 Å². The van der Waals surface area contributed by atoms with Gasteiger partial charge in [-0.2, -0.15) is 0 Å². The van der Waals surface area contributed by atoms with Gasteiger partial charge in [0.05, 0.1) is 25.6 Å². The van der Waals surface area contributed by atoms with Crippen molar-refractivity contribution in [2.24, 2.45) is 0 Å². The van der Waals surface area contributed by atoms with E-state index in [4.69, 9.17) is 4.74 Å². The zero-order valence-corrected chi connectivity index (χ0v) is 17.1. The number of nitrogens with zero attached hydrogens (tertiary/aromatic N) is 2. The molecule has 30 heavy (non-hydrogen) atoms. The third-order valence-electron chi connectivity index (χ3n) is 5.99. The Kier molecular flexibility index (Phi) is 5.84. The van der Waals surface area contributed by atoms with E-state index in [0.29, 0.717) is 11.4 Å². The van der Waals surface area contributed by atoms with Crippen LogP contribution in [0.15, 0.2) is 54.6 Å². The van der Waals surface area contributed by atoms with Gasteiger partial charge >= 0.3 is 0 Å². The number of hydrogen-bond donors (Lipinski definition) is 0. The minimum Gasteiger partial charge on any atom is -0.497 e. The molecule has 2 aromatic carbocycles. The molecular weight excluding hydrogens is 380 g/mol. The molecule has 1 saturated carbocycles. The number of hydrogen-bond acceptors (Lipinski definition) is 4. The molecule has 3 amide bonds. The lowest BCUT2D eigenvalue weighted by Crippen LogP contribution is -2.50. The normalized spacial score (nSPS) is 19.4. The number of carbonyl (C=O) groups is 3. The predicted octanol–water partition coefficient (Wildman–Crippen LogP) is 3.34. The van der Waals surface area contributed by atoms with E-state index in [0.717, 1.165) is 31.2 Å². The summed E-state index contributed by atoms with van der Waals surface area (Å²) < 4.78 is 5.16. The maximum atomic E-state index is 13.3. The zero-order valence-electron chi connectivity index (χ0n) is 17.1. The van der Waals surface area contributed by atoms with Gasteiger partial charge in [0.15, 0.2) is 0 Å². The maximum Gasteiger partial charge on any atom is 0.257 e. The van der Waals surface area contributed by atoms with Gasteiger partial charge < -0.3 is 9.64 Å². The van der Waals surface area contributed by atoms with Gasteiger partial charge in [-0.25, -0.2) is 4.90 Å². The van der Waals surface area contributed by atoms with Crippen LogP contribution in [0.3, 0.4) is 0 Å². The maximum absolute atomic E-state index is 13.3. The standard InChI is InChI=1S/C24H26N2O4/c1-30-20-13-11-19(12-14-20)26-23(28)16-21(24(26)29)25(18-9-5-6-10-18)22(27)15-17-7-3-2-4-8-17/h2-4,7-8,11-14,18,21H,5-6,9-10,15-16H2,1H3. The van der Waals surface area contributed by atoms with Crippen LogP contribution in [0, 0.1) is 0 Å². The van der Waals surface area contributed by atoms with Crippen LogP contribution in [0.2, 0.25) is 0 Å². The summed E-state index contributed by atoms with van der Waals surface area (Å²) >= 11 is 0. The molecule has 0 spiro atoms. The highest BCUT2D eigenvalue weighted by atomic mass is 16.5. The van der Waals surface area contributed by atoms with Crippen LogP contribution in [0.25, 0.3) is 0 Å². The molecule has 1 heterocycles. The van der Waals surface area contributed by atoms with Crippen molar-refractivity contribution in [2.75, 3.05) is 12.0 Å². The first-order valence-corrected chi connectivity index (χ1v) is 10.4. The second-order valence-electron chi connectivity index (χ2n) is 7.89.